The standard InChI is InChI=1S/C22H13F3NO/c23-22(24,25)20-11-5-10-19-18(12-13-26-21(19)20)15-6-4-9-17(14-15)27-16-7-2-1-3-8-16/h1-11,13-14H. The third-order valence-electron chi connectivity index (χ3n) is 4.11. The molecule has 1 heterocycles. The van der Waals surface area contributed by atoms with Gasteiger partial charge in [-0.2, -0.15) is 13.2 Å². The molecule has 0 bridgehead atoms. The number of nitrogens with zero attached hydrogens (tertiary/aromatic N) is 1. The van der Waals surface area contributed by atoms with Crippen molar-refractivity contribution in [2.24, 2.45) is 0 Å². The fourth-order valence-corrected chi connectivity index (χ4v) is 2.93. The van der Waals surface area contributed by atoms with Gasteiger partial charge in [0.15, 0.2) is 0 Å². The largest absolute Gasteiger partial charge is 0.457 e. The quantitative estimate of drug-likeness (QED) is 0.413. The lowest BCUT2D eigenvalue weighted by molar-refractivity contribution is -0.136. The maximum absolute atomic E-state index is 13.3. The van der Waals surface area contributed by atoms with Crippen LogP contribution in [0.3, 0.4) is 0 Å². The lowest BCUT2D eigenvalue weighted by Crippen LogP contribution is -2.06. The van der Waals surface area contributed by atoms with Crippen molar-refractivity contribution in [2.45, 2.75) is 6.18 Å². The molecule has 0 aliphatic rings. The molecule has 0 saturated heterocycles. The van der Waals surface area contributed by atoms with E-state index in [9.17, 15) is 13.2 Å². The van der Waals surface area contributed by atoms with Gasteiger partial charge < -0.3 is 4.74 Å². The summed E-state index contributed by atoms with van der Waals surface area (Å²) >= 11 is 0. The zero-order chi connectivity index (χ0) is 18.9. The molecular formula is C22H13F3NO. The van der Waals surface area contributed by atoms with Crippen LogP contribution in [0.25, 0.3) is 22.0 Å². The molecule has 5 heteroatoms. The molecule has 1 aromatic heterocycles. The van der Waals surface area contributed by atoms with Crippen molar-refractivity contribution in [3.63, 3.8) is 0 Å². The van der Waals surface area contributed by atoms with Crippen LogP contribution >= 0.6 is 0 Å². The molecule has 4 rings (SSSR count). The molecule has 1 radical (unpaired) electrons. The SMILES string of the molecule is FC(F)(F)c1cccc2c(-c3cccc(Oc4ccccc4)c3)[c]cnc12. The lowest BCUT2D eigenvalue weighted by Gasteiger charge is -2.13. The summed E-state index contributed by atoms with van der Waals surface area (Å²) in [5.41, 5.74) is 0.403. The summed E-state index contributed by atoms with van der Waals surface area (Å²) in [6.07, 6.45) is -3.19. The Balaban J connectivity index is 1.80. The highest BCUT2D eigenvalue weighted by Gasteiger charge is 2.33. The molecule has 0 amide bonds. The van der Waals surface area contributed by atoms with Gasteiger partial charge in [-0.05, 0) is 35.9 Å². The van der Waals surface area contributed by atoms with Crippen LogP contribution in [0.5, 0.6) is 11.5 Å². The first-order valence-corrected chi connectivity index (χ1v) is 8.22. The molecule has 0 saturated carbocycles. The summed E-state index contributed by atoms with van der Waals surface area (Å²) in [4.78, 5) is 3.92. The van der Waals surface area contributed by atoms with Gasteiger partial charge in [-0.25, -0.2) is 0 Å². The van der Waals surface area contributed by atoms with E-state index < -0.39 is 11.7 Å². The van der Waals surface area contributed by atoms with Gasteiger partial charge in [0.1, 0.15) is 11.5 Å². The number of fused-ring (bicyclic) bond motifs is 1. The van der Waals surface area contributed by atoms with Crippen molar-refractivity contribution in [3.8, 4) is 22.6 Å². The Morgan fingerprint density at radius 2 is 1.56 bits per heavy atom. The molecule has 0 fully saturated rings. The second kappa shape index (κ2) is 6.76. The summed E-state index contributed by atoms with van der Waals surface area (Å²) in [5, 5.41) is 0.393. The van der Waals surface area contributed by atoms with E-state index in [1.807, 2.05) is 36.4 Å². The van der Waals surface area contributed by atoms with Crippen molar-refractivity contribution in [1.29, 1.82) is 0 Å². The predicted molar refractivity (Wildman–Crippen MR) is 97.5 cm³/mol. The zero-order valence-electron chi connectivity index (χ0n) is 14.0. The van der Waals surface area contributed by atoms with Crippen LogP contribution in [0.2, 0.25) is 0 Å². The van der Waals surface area contributed by atoms with Gasteiger partial charge >= 0.3 is 6.18 Å². The van der Waals surface area contributed by atoms with Gasteiger partial charge in [0.25, 0.3) is 0 Å². The highest BCUT2D eigenvalue weighted by atomic mass is 19.4. The average molecular weight is 364 g/mol. The Hall–Kier alpha value is -3.34. The number of pyridine rings is 1. The molecule has 133 valence electrons. The van der Waals surface area contributed by atoms with Crippen LogP contribution in [0.15, 0.2) is 79.0 Å². The fraction of sp³-hybridized carbons (Fsp3) is 0.0455. The normalized spacial score (nSPS) is 11.5. The Morgan fingerprint density at radius 3 is 2.33 bits per heavy atom. The van der Waals surface area contributed by atoms with Gasteiger partial charge in [0, 0.05) is 23.2 Å². The number of halogens is 3. The molecule has 0 spiro atoms. The summed E-state index contributed by atoms with van der Waals surface area (Å²) < 4.78 is 45.7. The predicted octanol–water partition coefficient (Wildman–Crippen LogP) is 6.51. The molecule has 4 aromatic rings. The van der Waals surface area contributed by atoms with Crippen molar-refractivity contribution >= 4 is 10.9 Å². The zero-order valence-corrected chi connectivity index (χ0v) is 14.0. The van der Waals surface area contributed by atoms with Crippen LogP contribution in [-0.4, -0.2) is 4.98 Å². The van der Waals surface area contributed by atoms with Crippen molar-refractivity contribution in [1.82, 2.24) is 4.98 Å². The minimum Gasteiger partial charge on any atom is -0.457 e. The van der Waals surface area contributed by atoms with Gasteiger partial charge in [0.2, 0.25) is 0 Å². The molecule has 0 atom stereocenters. The molecule has 0 unspecified atom stereocenters. The monoisotopic (exact) mass is 364 g/mol. The number of alkyl halides is 3. The smallest absolute Gasteiger partial charge is 0.418 e. The van der Waals surface area contributed by atoms with Crippen molar-refractivity contribution in [2.75, 3.05) is 0 Å². The van der Waals surface area contributed by atoms with Crippen LogP contribution in [0, 0.1) is 6.07 Å². The van der Waals surface area contributed by atoms with Gasteiger partial charge in [-0.3, -0.25) is 4.98 Å². The van der Waals surface area contributed by atoms with Gasteiger partial charge in [-0.1, -0.05) is 42.5 Å². The average Bonchev–Trinajstić information content (AvgIpc) is 2.67. The van der Waals surface area contributed by atoms with E-state index in [4.69, 9.17) is 4.74 Å². The molecule has 3 aromatic carbocycles. The summed E-state index contributed by atoms with van der Waals surface area (Å²) in [6.45, 7) is 0. The van der Waals surface area contributed by atoms with Gasteiger partial charge in [-0.15, -0.1) is 0 Å². The Kier molecular flexibility index (Phi) is 4.28. The molecule has 2 nitrogen and oxygen atoms in total. The third-order valence-corrected chi connectivity index (χ3v) is 4.11. The molecule has 0 aliphatic carbocycles. The lowest BCUT2D eigenvalue weighted by atomic mass is 9.99. The highest BCUT2D eigenvalue weighted by Crippen LogP contribution is 2.37. The maximum atomic E-state index is 13.3. The molecule has 0 N–H and O–H groups in total. The number of para-hydroxylation sites is 2. The third kappa shape index (κ3) is 3.49. The van der Waals surface area contributed by atoms with E-state index >= 15 is 0 Å². The van der Waals surface area contributed by atoms with E-state index in [0.717, 1.165) is 6.07 Å². The van der Waals surface area contributed by atoms with E-state index in [-0.39, 0.29) is 5.52 Å². The fourth-order valence-electron chi connectivity index (χ4n) is 2.93. The Morgan fingerprint density at radius 1 is 0.815 bits per heavy atom. The minimum atomic E-state index is -4.47. The second-order valence-electron chi connectivity index (χ2n) is 5.92. The van der Waals surface area contributed by atoms with Gasteiger partial charge in [0.05, 0.1) is 11.1 Å². The van der Waals surface area contributed by atoms with Crippen molar-refractivity contribution in [3.05, 3.63) is 90.6 Å². The topological polar surface area (TPSA) is 22.1 Å². The van der Waals surface area contributed by atoms with Crippen molar-refractivity contribution < 1.29 is 17.9 Å². The summed E-state index contributed by atoms with van der Waals surface area (Å²) in [6, 6.07) is 23.4. The van der Waals surface area contributed by atoms with Crippen LogP contribution in [0.1, 0.15) is 5.56 Å². The molecular weight excluding hydrogens is 351 g/mol. The maximum Gasteiger partial charge on any atom is 0.418 e. The Labute approximate surface area is 153 Å². The first-order valence-electron chi connectivity index (χ1n) is 8.22. The number of ether oxygens (including phenoxy) is 1. The molecule has 0 aliphatic heterocycles. The van der Waals surface area contributed by atoms with E-state index in [0.29, 0.717) is 28.0 Å². The van der Waals surface area contributed by atoms with E-state index in [2.05, 4.69) is 11.1 Å². The minimum absolute atomic E-state index is 0.0897. The number of hydrogen-bond acceptors (Lipinski definition) is 2. The van der Waals surface area contributed by atoms with Crippen LogP contribution in [0.4, 0.5) is 13.2 Å². The highest BCUT2D eigenvalue weighted by molar-refractivity contribution is 5.96. The van der Waals surface area contributed by atoms with Crippen LogP contribution < -0.4 is 4.74 Å². The Bertz CT molecular complexity index is 1090. The number of benzene rings is 3. The van der Waals surface area contributed by atoms with Crippen LogP contribution in [-0.2, 0) is 6.18 Å². The van der Waals surface area contributed by atoms with E-state index in [1.165, 1.54) is 12.3 Å². The number of rotatable bonds is 3. The first kappa shape index (κ1) is 17.1. The number of hydrogen-bond donors (Lipinski definition) is 0. The van der Waals surface area contributed by atoms with E-state index in [1.54, 1.807) is 24.3 Å². The summed E-state index contributed by atoms with van der Waals surface area (Å²) in [7, 11) is 0. The first-order chi connectivity index (χ1) is 13.0. The second-order valence-corrected chi connectivity index (χ2v) is 5.92. The summed E-state index contributed by atoms with van der Waals surface area (Å²) in [5.74, 6) is 1.27. The molecule has 27 heavy (non-hydrogen) atoms. The number of aromatic nitrogens is 1.